The number of benzene rings is 2. The van der Waals surface area contributed by atoms with Gasteiger partial charge in [0.25, 0.3) is 0 Å². The molecule has 2 atom stereocenters. The molecule has 9 nitrogen and oxygen atoms in total. The van der Waals surface area contributed by atoms with Crippen molar-refractivity contribution in [3.8, 4) is 17.2 Å². The first-order valence-corrected chi connectivity index (χ1v) is 8.45. The molecule has 8 N–H and O–H groups in total. The lowest BCUT2D eigenvalue weighted by atomic mass is 9.91. The number of hydrogen-bond donors (Lipinski definition) is 7. The van der Waals surface area contributed by atoms with E-state index in [2.05, 4.69) is 10.7 Å². The summed E-state index contributed by atoms with van der Waals surface area (Å²) in [7, 11) is 0. The molecule has 2 aromatic carbocycles. The molecular formula is C19H23N3O6. The van der Waals surface area contributed by atoms with Crippen molar-refractivity contribution < 1.29 is 30.0 Å². The first-order chi connectivity index (χ1) is 13.1. The van der Waals surface area contributed by atoms with Crippen molar-refractivity contribution in [3.63, 3.8) is 0 Å². The SMILES string of the molecule is C[C@@](Cc1ccc(O)c(O)c1)(NN)C(=O)N[C@@H](Cc1ccc(O)cc1)C(=O)O. The summed E-state index contributed by atoms with van der Waals surface area (Å²) in [6.07, 6.45) is 0.0523. The van der Waals surface area contributed by atoms with E-state index in [1.165, 1.54) is 37.3 Å². The van der Waals surface area contributed by atoms with Crippen LogP contribution in [0.4, 0.5) is 0 Å². The van der Waals surface area contributed by atoms with Gasteiger partial charge in [-0.3, -0.25) is 10.6 Å². The molecule has 2 aromatic rings. The van der Waals surface area contributed by atoms with Crippen LogP contribution in [0.2, 0.25) is 0 Å². The second-order valence-electron chi connectivity index (χ2n) is 6.71. The minimum absolute atomic E-state index is 0.0159. The predicted molar refractivity (Wildman–Crippen MR) is 101 cm³/mol. The third kappa shape index (κ3) is 5.12. The summed E-state index contributed by atoms with van der Waals surface area (Å²) in [6, 6.07) is 8.88. The number of nitrogens with two attached hydrogens (primary N) is 1. The van der Waals surface area contributed by atoms with E-state index in [0.717, 1.165) is 0 Å². The monoisotopic (exact) mass is 389 g/mol. The number of nitrogens with one attached hydrogen (secondary N) is 2. The summed E-state index contributed by atoms with van der Waals surface area (Å²) >= 11 is 0. The first kappa shape index (κ1) is 21.0. The Morgan fingerprint density at radius 2 is 1.64 bits per heavy atom. The van der Waals surface area contributed by atoms with Gasteiger partial charge in [0.2, 0.25) is 5.91 Å². The third-order valence-corrected chi connectivity index (χ3v) is 4.40. The van der Waals surface area contributed by atoms with E-state index in [0.29, 0.717) is 11.1 Å². The Hall–Kier alpha value is -3.30. The first-order valence-electron chi connectivity index (χ1n) is 8.45. The Morgan fingerprint density at radius 3 is 2.18 bits per heavy atom. The summed E-state index contributed by atoms with van der Waals surface area (Å²) < 4.78 is 0. The van der Waals surface area contributed by atoms with Crippen LogP contribution in [-0.2, 0) is 22.4 Å². The molecule has 0 bridgehead atoms. The highest BCUT2D eigenvalue weighted by molar-refractivity contribution is 5.90. The van der Waals surface area contributed by atoms with E-state index in [9.17, 15) is 30.0 Å². The van der Waals surface area contributed by atoms with Gasteiger partial charge in [-0.05, 0) is 42.3 Å². The molecule has 0 aliphatic carbocycles. The molecule has 0 radical (unpaired) electrons. The number of aromatic hydroxyl groups is 3. The van der Waals surface area contributed by atoms with E-state index in [1.54, 1.807) is 12.1 Å². The fourth-order valence-electron chi connectivity index (χ4n) is 2.67. The fourth-order valence-corrected chi connectivity index (χ4v) is 2.67. The molecule has 0 unspecified atom stereocenters. The van der Waals surface area contributed by atoms with Crippen molar-refractivity contribution in [1.29, 1.82) is 0 Å². The second kappa shape index (κ2) is 8.59. The topological polar surface area (TPSA) is 165 Å². The van der Waals surface area contributed by atoms with Crippen LogP contribution >= 0.6 is 0 Å². The number of phenols is 3. The number of phenolic OH excluding ortho intramolecular Hbond substituents is 3. The zero-order valence-electron chi connectivity index (χ0n) is 15.2. The number of aliphatic carboxylic acids is 1. The van der Waals surface area contributed by atoms with Gasteiger partial charge in [0.15, 0.2) is 11.5 Å². The molecule has 0 saturated heterocycles. The Morgan fingerprint density at radius 1 is 1.04 bits per heavy atom. The molecule has 0 spiro atoms. The van der Waals surface area contributed by atoms with Crippen LogP contribution in [0.3, 0.4) is 0 Å². The predicted octanol–water partition coefficient (Wildman–Crippen LogP) is 0.380. The number of carbonyl (C=O) groups is 2. The zero-order valence-corrected chi connectivity index (χ0v) is 15.2. The normalized spacial score (nSPS) is 14.1. The molecule has 28 heavy (non-hydrogen) atoms. The van der Waals surface area contributed by atoms with Crippen molar-refractivity contribution in [2.75, 3.05) is 0 Å². The molecule has 2 rings (SSSR count). The van der Waals surface area contributed by atoms with Crippen molar-refractivity contribution >= 4 is 11.9 Å². The van der Waals surface area contributed by atoms with Gasteiger partial charge < -0.3 is 25.7 Å². The molecule has 0 aromatic heterocycles. The highest BCUT2D eigenvalue weighted by Crippen LogP contribution is 2.26. The van der Waals surface area contributed by atoms with Crippen LogP contribution in [-0.4, -0.2) is 43.9 Å². The summed E-state index contributed by atoms with van der Waals surface area (Å²) in [4.78, 5) is 24.3. The molecule has 150 valence electrons. The lowest BCUT2D eigenvalue weighted by Gasteiger charge is -2.29. The molecule has 9 heteroatoms. The maximum Gasteiger partial charge on any atom is 0.326 e. The molecule has 0 heterocycles. The Bertz CT molecular complexity index is 855. The van der Waals surface area contributed by atoms with E-state index in [4.69, 9.17) is 5.84 Å². The van der Waals surface area contributed by atoms with Crippen LogP contribution in [0.1, 0.15) is 18.1 Å². The van der Waals surface area contributed by atoms with Gasteiger partial charge in [-0.1, -0.05) is 18.2 Å². The lowest BCUT2D eigenvalue weighted by molar-refractivity contribution is -0.142. The van der Waals surface area contributed by atoms with Gasteiger partial charge in [-0.2, -0.15) is 0 Å². The molecule has 0 aliphatic rings. The number of hydrazine groups is 1. The Kier molecular flexibility index (Phi) is 6.45. The molecular weight excluding hydrogens is 366 g/mol. The number of carbonyl (C=O) groups excluding carboxylic acids is 1. The maximum atomic E-state index is 12.7. The number of hydrogen-bond acceptors (Lipinski definition) is 7. The second-order valence-corrected chi connectivity index (χ2v) is 6.71. The molecule has 1 amide bonds. The van der Waals surface area contributed by atoms with Crippen LogP contribution in [0, 0.1) is 0 Å². The van der Waals surface area contributed by atoms with Gasteiger partial charge in [0, 0.05) is 12.8 Å². The van der Waals surface area contributed by atoms with Crippen LogP contribution in [0.25, 0.3) is 0 Å². The summed E-state index contributed by atoms with van der Waals surface area (Å²) in [5, 5.41) is 40.2. The maximum absolute atomic E-state index is 12.7. The molecule has 0 fully saturated rings. The molecule has 0 aliphatic heterocycles. The summed E-state index contributed by atoms with van der Waals surface area (Å²) in [5.74, 6) is 3.10. The fraction of sp³-hybridized carbons (Fsp3) is 0.263. The quantitative estimate of drug-likeness (QED) is 0.193. The number of rotatable bonds is 8. The zero-order chi connectivity index (χ0) is 20.9. The van der Waals surface area contributed by atoms with Gasteiger partial charge in [-0.15, -0.1) is 0 Å². The van der Waals surface area contributed by atoms with Crippen molar-refractivity contribution in [1.82, 2.24) is 10.7 Å². The summed E-state index contributed by atoms with van der Waals surface area (Å²) in [5.41, 5.74) is 2.16. The van der Waals surface area contributed by atoms with Crippen LogP contribution in [0.5, 0.6) is 17.2 Å². The Balaban J connectivity index is 2.15. The van der Waals surface area contributed by atoms with E-state index >= 15 is 0 Å². The minimum atomic E-state index is -1.37. The van der Waals surface area contributed by atoms with Gasteiger partial charge in [-0.25, -0.2) is 10.2 Å². The number of amides is 1. The van der Waals surface area contributed by atoms with Gasteiger partial charge >= 0.3 is 5.97 Å². The lowest BCUT2D eigenvalue weighted by Crippen LogP contribution is -2.61. The Labute approximate surface area is 161 Å². The van der Waals surface area contributed by atoms with Crippen molar-refractivity contribution in [2.24, 2.45) is 5.84 Å². The highest BCUT2D eigenvalue weighted by atomic mass is 16.4. The summed E-state index contributed by atoms with van der Waals surface area (Å²) in [6.45, 7) is 1.49. The number of carboxylic acids is 1. The largest absolute Gasteiger partial charge is 0.508 e. The average molecular weight is 389 g/mol. The van der Waals surface area contributed by atoms with Gasteiger partial charge in [0.05, 0.1) is 0 Å². The minimum Gasteiger partial charge on any atom is -0.508 e. The van der Waals surface area contributed by atoms with Crippen LogP contribution in [0.15, 0.2) is 42.5 Å². The number of carboxylic acid groups (broad SMARTS) is 1. The third-order valence-electron chi connectivity index (χ3n) is 4.40. The van der Waals surface area contributed by atoms with Crippen molar-refractivity contribution in [2.45, 2.75) is 31.3 Å². The molecule has 0 saturated carbocycles. The van der Waals surface area contributed by atoms with E-state index in [-0.39, 0.29) is 30.1 Å². The smallest absolute Gasteiger partial charge is 0.326 e. The standard InChI is InChI=1S/C19H23N3O6/c1-19(22-20,10-12-4-7-15(24)16(25)9-12)18(28)21-14(17(26)27)8-11-2-5-13(23)6-3-11/h2-7,9,14,22-25H,8,10,20H2,1H3,(H,21,28)(H,26,27)/t14-,19-/m0/s1. The average Bonchev–Trinajstić information content (AvgIpc) is 2.65. The van der Waals surface area contributed by atoms with Crippen LogP contribution < -0.4 is 16.6 Å². The van der Waals surface area contributed by atoms with E-state index < -0.39 is 23.5 Å². The highest BCUT2D eigenvalue weighted by Gasteiger charge is 2.35. The van der Waals surface area contributed by atoms with Gasteiger partial charge in [0.1, 0.15) is 17.3 Å². The van der Waals surface area contributed by atoms with Crippen molar-refractivity contribution in [3.05, 3.63) is 53.6 Å². The van der Waals surface area contributed by atoms with E-state index in [1.807, 2.05) is 0 Å².